The zero-order valence-corrected chi connectivity index (χ0v) is 6.77. The molecule has 3 nitrogen and oxygen atoms in total. The number of nitrogens with one attached hydrogen (secondary N) is 1. The number of hydrogen-bond acceptors (Lipinski definition) is 2. The highest BCUT2D eigenvalue weighted by molar-refractivity contribution is 7.80. The number of hydrogen-bond donors (Lipinski definition) is 1. The van der Waals surface area contributed by atoms with Gasteiger partial charge in [0.25, 0.3) is 0 Å². The summed E-state index contributed by atoms with van der Waals surface area (Å²) in [5, 5.41) is 7.44. The standard InChI is InChI=1S/C6H9N3S/c1-5-3-8-9(4-5)6(10)7-2/h3-4H,1-2H3,(H,7,10). The van der Waals surface area contributed by atoms with Crippen molar-refractivity contribution in [1.82, 2.24) is 15.1 Å². The van der Waals surface area contributed by atoms with E-state index in [-0.39, 0.29) is 0 Å². The van der Waals surface area contributed by atoms with Gasteiger partial charge in [0.2, 0.25) is 0 Å². The molecular weight excluding hydrogens is 146 g/mol. The van der Waals surface area contributed by atoms with Gasteiger partial charge in [-0.05, 0) is 24.7 Å². The Labute approximate surface area is 65.0 Å². The minimum Gasteiger partial charge on any atom is -0.364 e. The summed E-state index contributed by atoms with van der Waals surface area (Å²) in [5.41, 5.74) is 1.11. The maximum absolute atomic E-state index is 4.92. The monoisotopic (exact) mass is 155 g/mol. The minimum absolute atomic E-state index is 0.619. The molecule has 1 aromatic rings. The van der Waals surface area contributed by atoms with Crippen molar-refractivity contribution in [3.05, 3.63) is 18.0 Å². The second kappa shape index (κ2) is 2.79. The Bertz CT molecular complexity index is 241. The fourth-order valence-corrected chi connectivity index (χ4v) is 0.738. The first-order chi connectivity index (χ1) is 4.74. The van der Waals surface area contributed by atoms with Gasteiger partial charge < -0.3 is 5.32 Å². The molecule has 0 aliphatic rings. The lowest BCUT2D eigenvalue weighted by Crippen LogP contribution is -2.24. The van der Waals surface area contributed by atoms with Gasteiger partial charge in [-0.25, -0.2) is 4.68 Å². The smallest absolute Gasteiger partial charge is 0.193 e. The molecule has 0 atom stereocenters. The Morgan fingerprint density at radius 2 is 2.50 bits per heavy atom. The molecule has 0 saturated heterocycles. The normalized spacial score (nSPS) is 9.40. The van der Waals surface area contributed by atoms with Crippen molar-refractivity contribution in [2.75, 3.05) is 7.05 Å². The first-order valence-corrected chi connectivity index (χ1v) is 3.38. The Morgan fingerprint density at radius 3 is 2.90 bits per heavy atom. The van der Waals surface area contributed by atoms with Crippen molar-refractivity contribution < 1.29 is 0 Å². The maximum atomic E-state index is 4.92. The SMILES string of the molecule is CNC(=S)n1cc(C)cn1. The summed E-state index contributed by atoms with van der Waals surface area (Å²) in [6.07, 6.45) is 3.64. The third kappa shape index (κ3) is 1.33. The molecule has 0 bridgehead atoms. The lowest BCUT2D eigenvalue weighted by molar-refractivity contribution is 0.903. The Kier molecular flexibility index (Phi) is 2.01. The van der Waals surface area contributed by atoms with Crippen LogP contribution in [0.3, 0.4) is 0 Å². The highest BCUT2D eigenvalue weighted by Crippen LogP contribution is 1.92. The number of thiocarbonyl (C=S) groups is 1. The average Bonchev–Trinajstić information content (AvgIpc) is 2.34. The van der Waals surface area contributed by atoms with E-state index in [0.717, 1.165) is 5.56 Å². The molecule has 1 N–H and O–H groups in total. The molecule has 0 spiro atoms. The number of rotatable bonds is 0. The lowest BCUT2D eigenvalue weighted by Gasteiger charge is -1.99. The van der Waals surface area contributed by atoms with Crippen molar-refractivity contribution in [3.8, 4) is 0 Å². The molecule has 0 aliphatic carbocycles. The molecular formula is C6H9N3S. The number of nitrogens with zero attached hydrogens (tertiary/aromatic N) is 2. The molecule has 0 aliphatic heterocycles. The van der Waals surface area contributed by atoms with Crippen molar-refractivity contribution in [2.24, 2.45) is 0 Å². The van der Waals surface area contributed by atoms with Gasteiger partial charge in [0.1, 0.15) is 0 Å². The zero-order valence-electron chi connectivity index (χ0n) is 5.96. The molecule has 4 heteroatoms. The van der Waals surface area contributed by atoms with Gasteiger partial charge in [0.15, 0.2) is 5.11 Å². The summed E-state index contributed by atoms with van der Waals surface area (Å²) >= 11 is 4.92. The molecule has 0 radical (unpaired) electrons. The van der Waals surface area contributed by atoms with Crippen LogP contribution in [0.1, 0.15) is 5.56 Å². The number of aryl methyl sites for hydroxylation is 1. The highest BCUT2D eigenvalue weighted by Gasteiger charge is 1.95. The largest absolute Gasteiger partial charge is 0.364 e. The van der Waals surface area contributed by atoms with E-state index in [1.807, 2.05) is 13.1 Å². The van der Waals surface area contributed by atoms with Crippen LogP contribution in [0, 0.1) is 6.92 Å². The van der Waals surface area contributed by atoms with E-state index in [4.69, 9.17) is 12.2 Å². The fraction of sp³-hybridized carbons (Fsp3) is 0.333. The van der Waals surface area contributed by atoms with Crippen molar-refractivity contribution in [2.45, 2.75) is 6.92 Å². The molecule has 1 heterocycles. The van der Waals surface area contributed by atoms with Crippen molar-refractivity contribution >= 4 is 17.3 Å². The van der Waals surface area contributed by atoms with Gasteiger partial charge in [-0.15, -0.1) is 0 Å². The van der Waals surface area contributed by atoms with Gasteiger partial charge in [0, 0.05) is 13.2 Å². The van der Waals surface area contributed by atoms with Crippen LogP contribution in [0.2, 0.25) is 0 Å². The van der Waals surface area contributed by atoms with Crippen LogP contribution >= 0.6 is 12.2 Å². The Balaban J connectivity index is 2.85. The summed E-state index contributed by atoms with van der Waals surface area (Å²) < 4.78 is 1.63. The van der Waals surface area contributed by atoms with Crippen LogP contribution in [-0.4, -0.2) is 21.9 Å². The summed E-state index contributed by atoms with van der Waals surface area (Å²) in [6.45, 7) is 1.97. The summed E-state index contributed by atoms with van der Waals surface area (Å²) in [4.78, 5) is 0. The number of aromatic nitrogens is 2. The summed E-state index contributed by atoms with van der Waals surface area (Å²) in [6, 6.07) is 0. The second-order valence-corrected chi connectivity index (χ2v) is 2.40. The van der Waals surface area contributed by atoms with Gasteiger partial charge in [0.05, 0.1) is 6.20 Å². The third-order valence-electron chi connectivity index (χ3n) is 1.13. The van der Waals surface area contributed by atoms with Crippen LogP contribution in [0.5, 0.6) is 0 Å². The van der Waals surface area contributed by atoms with E-state index >= 15 is 0 Å². The quantitative estimate of drug-likeness (QED) is 0.555. The first kappa shape index (κ1) is 7.21. The molecule has 0 saturated carbocycles. The third-order valence-corrected chi connectivity index (χ3v) is 1.52. The van der Waals surface area contributed by atoms with Gasteiger partial charge >= 0.3 is 0 Å². The Morgan fingerprint density at radius 1 is 1.80 bits per heavy atom. The van der Waals surface area contributed by atoms with Crippen molar-refractivity contribution in [1.29, 1.82) is 0 Å². The molecule has 0 unspecified atom stereocenters. The van der Waals surface area contributed by atoms with Gasteiger partial charge in [-0.3, -0.25) is 0 Å². The molecule has 1 rings (SSSR count). The van der Waals surface area contributed by atoms with E-state index in [1.54, 1.807) is 17.9 Å². The highest BCUT2D eigenvalue weighted by atomic mass is 32.1. The average molecular weight is 155 g/mol. The molecule has 0 amide bonds. The predicted molar refractivity (Wildman–Crippen MR) is 44.0 cm³/mol. The van der Waals surface area contributed by atoms with E-state index in [1.165, 1.54) is 0 Å². The van der Waals surface area contributed by atoms with Crippen LogP contribution < -0.4 is 5.32 Å². The van der Waals surface area contributed by atoms with Gasteiger partial charge in [-0.2, -0.15) is 5.10 Å². The lowest BCUT2D eigenvalue weighted by atomic mass is 10.4. The molecule has 1 aromatic heterocycles. The van der Waals surface area contributed by atoms with Crippen LogP contribution in [0.4, 0.5) is 0 Å². The van der Waals surface area contributed by atoms with E-state index in [0.29, 0.717) is 5.11 Å². The predicted octanol–water partition coefficient (Wildman–Crippen LogP) is 0.544. The van der Waals surface area contributed by atoms with Crippen LogP contribution in [-0.2, 0) is 0 Å². The molecule has 0 fully saturated rings. The van der Waals surface area contributed by atoms with E-state index in [9.17, 15) is 0 Å². The van der Waals surface area contributed by atoms with Gasteiger partial charge in [-0.1, -0.05) is 0 Å². The summed E-state index contributed by atoms with van der Waals surface area (Å²) in [7, 11) is 1.78. The second-order valence-electron chi connectivity index (χ2n) is 2.02. The molecule has 54 valence electrons. The topological polar surface area (TPSA) is 29.9 Å². The first-order valence-electron chi connectivity index (χ1n) is 2.97. The maximum Gasteiger partial charge on any atom is 0.193 e. The zero-order chi connectivity index (χ0) is 7.56. The van der Waals surface area contributed by atoms with E-state index in [2.05, 4.69) is 10.4 Å². The van der Waals surface area contributed by atoms with Crippen LogP contribution in [0.25, 0.3) is 0 Å². The van der Waals surface area contributed by atoms with Crippen molar-refractivity contribution in [3.63, 3.8) is 0 Å². The molecule has 0 aromatic carbocycles. The van der Waals surface area contributed by atoms with E-state index < -0.39 is 0 Å². The fourth-order valence-electron chi connectivity index (χ4n) is 0.638. The Hall–Kier alpha value is -0.900. The summed E-state index contributed by atoms with van der Waals surface area (Å²) in [5.74, 6) is 0. The minimum atomic E-state index is 0.619. The van der Waals surface area contributed by atoms with Crippen LogP contribution in [0.15, 0.2) is 12.4 Å². The molecule has 10 heavy (non-hydrogen) atoms.